The van der Waals surface area contributed by atoms with Crippen LogP contribution >= 0.6 is 11.3 Å². The Balaban J connectivity index is 2.31. The van der Waals surface area contributed by atoms with Crippen LogP contribution in [0.3, 0.4) is 0 Å². The predicted octanol–water partition coefficient (Wildman–Crippen LogP) is 3.03. The van der Waals surface area contributed by atoms with Crippen molar-refractivity contribution in [3.8, 4) is 0 Å². The van der Waals surface area contributed by atoms with Gasteiger partial charge >= 0.3 is 5.97 Å². The highest BCUT2D eigenvalue weighted by Gasteiger charge is 2.24. The number of nitrogens with zero attached hydrogens (tertiary/aromatic N) is 2. The Hall–Kier alpha value is -2.41. The number of aromatic carboxylic acids is 1. The molecule has 0 radical (unpaired) electrons. The summed E-state index contributed by atoms with van der Waals surface area (Å²) in [7, 11) is 1.67. The molecule has 1 aromatic heterocycles. The SMILES string of the molecule is CN(CCc1cccs1)c1c(C(=O)O)cccc1[N+](=O)[O-]. The van der Waals surface area contributed by atoms with Crippen LogP contribution in [-0.4, -0.2) is 29.6 Å². The fraction of sp³-hybridized carbons (Fsp3) is 0.214. The van der Waals surface area contributed by atoms with E-state index in [1.165, 1.54) is 18.2 Å². The number of nitro benzene ring substituents is 1. The molecule has 0 saturated carbocycles. The van der Waals surface area contributed by atoms with Gasteiger partial charge in [-0.05, 0) is 23.9 Å². The van der Waals surface area contributed by atoms with Crippen molar-refractivity contribution in [3.05, 3.63) is 56.3 Å². The maximum Gasteiger partial charge on any atom is 0.338 e. The quantitative estimate of drug-likeness (QED) is 0.655. The Morgan fingerprint density at radius 3 is 2.71 bits per heavy atom. The van der Waals surface area contributed by atoms with E-state index in [2.05, 4.69) is 0 Å². The average molecular weight is 306 g/mol. The van der Waals surface area contributed by atoms with E-state index in [1.807, 2.05) is 17.5 Å². The number of thiophene rings is 1. The second-order valence-corrected chi connectivity index (χ2v) is 5.52. The number of anilines is 1. The van der Waals surface area contributed by atoms with Gasteiger partial charge in [0.1, 0.15) is 5.69 Å². The minimum absolute atomic E-state index is 0.0575. The van der Waals surface area contributed by atoms with Gasteiger partial charge in [-0.15, -0.1) is 11.3 Å². The van der Waals surface area contributed by atoms with Crippen molar-refractivity contribution in [2.24, 2.45) is 0 Å². The van der Waals surface area contributed by atoms with Gasteiger partial charge in [-0.2, -0.15) is 0 Å². The highest BCUT2D eigenvalue weighted by Crippen LogP contribution is 2.31. The molecule has 0 aliphatic carbocycles. The molecule has 1 aromatic carbocycles. The van der Waals surface area contributed by atoms with Crippen molar-refractivity contribution in [1.29, 1.82) is 0 Å². The zero-order valence-electron chi connectivity index (χ0n) is 11.4. The molecule has 0 saturated heterocycles. The number of rotatable bonds is 6. The van der Waals surface area contributed by atoms with E-state index in [0.717, 1.165) is 4.88 Å². The number of hydrogen-bond acceptors (Lipinski definition) is 5. The van der Waals surface area contributed by atoms with Crippen molar-refractivity contribution < 1.29 is 14.8 Å². The number of hydrogen-bond donors (Lipinski definition) is 1. The van der Waals surface area contributed by atoms with E-state index in [1.54, 1.807) is 23.3 Å². The molecule has 6 nitrogen and oxygen atoms in total. The standard InChI is InChI=1S/C14H14N2O4S/c1-15(8-7-10-4-3-9-21-10)13-11(14(17)18)5-2-6-12(13)16(19)20/h2-6,9H,7-8H2,1H3,(H,17,18). The number of likely N-dealkylation sites (N-methyl/N-ethyl adjacent to an activating group) is 1. The number of para-hydroxylation sites is 1. The molecule has 0 amide bonds. The minimum atomic E-state index is -1.17. The lowest BCUT2D eigenvalue weighted by molar-refractivity contribution is -0.384. The topological polar surface area (TPSA) is 83.7 Å². The van der Waals surface area contributed by atoms with Crippen LogP contribution in [0.4, 0.5) is 11.4 Å². The summed E-state index contributed by atoms with van der Waals surface area (Å²) >= 11 is 1.60. The van der Waals surface area contributed by atoms with Crippen molar-refractivity contribution in [2.45, 2.75) is 6.42 Å². The van der Waals surface area contributed by atoms with Gasteiger partial charge in [-0.3, -0.25) is 10.1 Å². The van der Waals surface area contributed by atoms with E-state index in [-0.39, 0.29) is 16.9 Å². The minimum Gasteiger partial charge on any atom is -0.478 e. The monoisotopic (exact) mass is 306 g/mol. The first-order valence-corrected chi connectivity index (χ1v) is 7.13. The van der Waals surface area contributed by atoms with Crippen LogP contribution in [0.25, 0.3) is 0 Å². The van der Waals surface area contributed by atoms with Crippen LogP contribution in [-0.2, 0) is 6.42 Å². The summed E-state index contributed by atoms with van der Waals surface area (Å²) in [6.45, 7) is 0.506. The van der Waals surface area contributed by atoms with Gasteiger partial charge in [0, 0.05) is 24.5 Å². The van der Waals surface area contributed by atoms with Gasteiger partial charge in [0.2, 0.25) is 0 Å². The molecular weight excluding hydrogens is 292 g/mol. The first-order chi connectivity index (χ1) is 10.0. The second kappa shape index (κ2) is 6.36. The molecule has 0 aliphatic rings. The Morgan fingerprint density at radius 1 is 1.38 bits per heavy atom. The lowest BCUT2D eigenvalue weighted by Crippen LogP contribution is -2.23. The third kappa shape index (κ3) is 3.38. The summed E-state index contributed by atoms with van der Waals surface area (Å²) in [5.74, 6) is -1.17. The molecular formula is C14H14N2O4S. The molecule has 0 spiro atoms. The molecule has 0 bridgehead atoms. The zero-order chi connectivity index (χ0) is 15.4. The van der Waals surface area contributed by atoms with Crippen LogP contribution in [0.2, 0.25) is 0 Å². The van der Waals surface area contributed by atoms with E-state index >= 15 is 0 Å². The molecule has 0 atom stereocenters. The highest BCUT2D eigenvalue weighted by atomic mass is 32.1. The van der Waals surface area contributed by atoms with Crippen molar-refractivity contribution in [2.75, 3.05) is 18.5 Å². The molecule has 1 N–H and O–H groups in total. The third-order valence-corrected chi connectivity index (χ3v) is 4.03. The summed E-state index contributed by atoms with van der Waals surface area (Å²) in [6, 6.07) is 8.01. The molecule has 2 rings (SSSR count). The Kier molecular flexibility index (Phi) is 4.54. The van der Waals surface area contributed by atoms with E-state index < -0.39 is 10.9 Å². The third-order valence-electron chi connectivity index (χ3n) is 3.10. The number of benzene rings is 1. The number of carbonyl (C=O) groups is 1. The van der Waals surface area contributed by atoms with Crippen LogP contribution in [0.15, 0.2) is 35.7 Å². The van der Waals surface area contributed by atoms with Gasteiger partial charge in [-0.25, -0.2) is 4.79 Å². The molecule has 0 fully saturated rings. The highest BCUT2D eigenvalue weighted by molar-refractivity contribution is 7.09. The van der Waals surface area contributed by atoms with E-state index in [9.17, 15) is 20.0 Å². The smallest absolute Gasteiger partial charge is 0.338 e. The van der Waals surface area contributed by atoms with Gasteiger partial charge in [0.05, 0.1) is 10.5 Å². The number of carboxylic acid groups (broad SMARTS) is 1. The maximum atomic E-state index is 11.3. The second-order valence-electron chi connectivity index (χ2n) is 4.49. The first kappa shape index (κ1) is 15.0. The van der Waals surface area contributed by atoms with E-state index in [0.29, 0.717) is 13.0 Å². The molecule has 7 heteroatoms. The summed E-state index contributed by atoms with van der Waals surface area (Å²) < 4.78 is 0. The van der Waals surface area contributed by atoms with E-state index in [4.69, 9.17) is 0 Å². The fourth-order valence-corrected chi connectivity index (χ4v) is 2.80. The molecule has 0 unspecified atom stereocenters. The van der Waals surface area contributed by atoms with Crippen LogP contribution in [0, 0.1) is 10.1 Å². The van der Waals surface area contributed by atoms with Gasteiger partial charge in [-0.1, -0.05) is 12.1 Å². The van der Waals surface area contributed by atoms with Crippen LogP contribution in [0.5, 0.6) is 0 Å². The maximum absolute atomic E-state index is 11.3. The summed E-state index contributed by atoms with van der Waals surface area (Å²) in [5.41, 5.74) is -0.104. The summed E-state index contributed by atoms with van der Waals surface area (Å²) in [4.78, 5) is 24.6. The van der Waals surface area contributed by atoms with Gasteiger partial charge in [0.25, 0.3) is 5.69 Å². The predicted molar refractivity (Wildman–Crippen MR) is 81.3 cm³/mol. The molecule has 21 heavy (non-hydrogen) atoms. The van der Waals surface area contributed by atoms with Gasteiger partial charge in [0.15, 0.2) is 0 Å². The number of nitro groups is 1. The lowest BCUT2D eigenvalue weighted by atomic mass is 10.1. The van der Waals surface area contributed by atoms with Crippen LogP contribution < -0.4 is 4.90 Å². The zero-order valence-corrected chi connectivity index (χ0v) is 12.2. The largest absolute Gasteiger partial charge is 0.478 e. The van der Waals surface area contributed by atoms with Gasteiger partial charge < -0.3 is 10.0 Å². The van der Waals surface area contributed by atoms with Crippen molar-refractivity contribution >= 4 is 28.7 Å². The molecule has 2 aromatic rings. The van der Waals surface area contributed by atoms with Crippen molar-refractivity contribution in [3.63, 3.8) is 0 Å². The molecule has 1 heterocycles. The average Bonchev–Trinajstić information content (AvgIpc) is 2.97. The molecule has 110 valence electrons. The summed E-state index contributed by atoms with van der Waals surface area (Å²) in [6.07, 6.45) is 0.708. The normalized spacial score (nSPS) is 10.3. The number of carboxylic acids is 1. The Bertz CT molecular complexity index is 623. The van der Waals surface area contributed by atoms with Crippen LogP contribution in [0.1, 0.15) is 15.2 Å². The van der Waals surface area contributed by atoms with Crippen molar-refractivity contribution in [1.82, 2.24) is 0 Å². The first-order valence-electron chi connectivity index (χ1n) is 6.25. The summed E-state index contributed by atoms with van der Waals surface area (Å²) in [5, 5.41) is 22.3. The Morgan fingerprint density at radius 2 is 2.14 bits per heavy atom. The lowest BCUT2D eigenvalue weighted by Gasteiger charge is -2.20. The molecule has 0 aliphatic heterocycles. The Labute approximate surface area is 125 Å². The fourth-order valence-electron chi connectivity index (χ4n) is 2.10.